The van der Waals surface area contributed by atoms with Crippen LogP contribution in [0.5, 0.6) is 5.75 Å². The lowest BCUT2D eigenvalue weighted by Gasteiger charge is -2.07. The minimum Gasteiger partial charge on any atom is -0.494 e. The van der Waals surface area contributed by atoms with Crippen LogP contribution in [0.15, 0.2) is 53.6 Å². The van der Waals surface area contributed by atoms with Crippen molar-refractivity contribution in [1.82, 2.24) is 5.43 Å². The molecule has 2 aromatic carbocycles. The molecule has 1 amide bonds. The van der Waals surface area contributed by atoms with Crippen molar-refractivity contribution in [1.29, 1.82) is 0 Å². The number of anilines is 1. The second-order valence-corrected chi connectivity index (χ2v) is 5.35. The van der Waals surface area contributed by atoms with Gasteiger partial charge < -0.3 is 10.1 Å². The molecule has 0 radical (unpaired) electrons. The van der Waals surface area contributed by atoms with E-state index in [0.717, 1.165) is 11.4 Å². The van der Waals surface area contributed by atoms with E-state index in [1.807, 2.05) is 31.2 Å². The summed E-state index contributed by atoms with van der Waals surface area (Å²) in [6, 6.07) is 13.2. The molecule has 0 saturated heterocycles. The maximum atomic E-state index is 11.9. The molecule has 0 aliphatic carbocycles. The van der Waals surface area contributed by atoms with Crippen molar-refractivity contribution < 1.29 is 14.5 Å². The minimum atomic E-state index is -0.468. The molecular formula is C18H20N4O4. The lowest BCUT2D eigenvalue weighted by molar-refractivity contribution is -0.384. The van der Waals surface area contributed by atoms with Gasteiger partial charge in [-0.25, -0.2) is 5.43 Å². The summed E-state index contributed by atoms with van der Waals surface area (Å²) in [5.74, 6) is 0.464. The number of rotatable bonds is 8. The molecule has 0 aliphatic rings. The van der Waals surface area contributed by atoms with Crippen LogP contribution in [0.2, 0.25) is 0 Å². The van der Waals surface area contributed by atoms with Gasteiger partial charge in [0, 0.05) is 17.8 Å². The molecule has 0 bridgehead atoms. The zero-order chi connectivity index (χ0) is 18.9. The Bertz CT molecular complexity index is 786. The lowest BCUT2D eigenvalue weighted by atomic mass is 10.1. The van der Waals surface area contributed by atoms with Crippen LogP contribution in [0, 0.1) is 10.1 Å². The Morgan fingerprint density at radius 1 is 1.15 bits per heavy atom. The van der Waals surface area contributed by atoms with Crippen LogP contribution in [0.3, 0.4) is 0 Å². The molecule has 2 rings (SSSR count). The molecule has 0 aromatic heterocycles. The molecule has 2 N–H and O–H groups in total. The summed E-state index contributed by atoms with van der Waals surface area (Å²) in [5, 5.41) is 17.6. The first-order valence-corrected chi connectivity index (χ1v) is 8.04. The van der Waals surface area contributed by atoms with Crippen molar-refractivity contribution >= 4 is 23.0 Å². The molecule has 136 valence electrons. The van der Waals surface area contributed by atoms with Gasteiger partial charge >= 0.3 is 0 Å². The molecule has 0 spiro atoms. The zero-order valence-electron chi connectivity index (χ0n) is 14.6. The third-order valence-electron chi connectivity index (χ3n) is 3.46. The zero-order valence-corrected chi connectivity index (χ0v) is 14.6. The van der Waals surface area contributed by atoms with Crippen LogP contribution in [0.25, 0.3) is 0 Å². The number of hydrogen-bond acceptors (Lipinski definition) is 6. The number of nitrogens with one attached hydrogen (secondary N) is 2. The SMILES string of the molecule is CCOc1ccc(NCC(=O)N/N=C(/C)c2ccc([N+](=O)[O-])cc2)cc1. The number of ether oxygens (including phenoxy) is 1. The molecular weight excluding hydrogens is 336 g/mol. The highest BCUT2D eigenvalue weighted by molar-refractivity contribution is 5.99. The van der Waals surface area contributed by atoms with Crippen LogP contribution >= 0.6 is 0 Å². The molecule has 26 heavy (non-hydrogen) atoms. The van der Waals surface area contributed by atoms with Crippen molar-refractivity contribution in [3.8, 4) is 5.75 Å². The second kappa shape index (κ2) is 9.16. The Kier molecular flexibility index (Phi) is 6.67. The fourth-order valence-electron chi connectivity index (χ4n) is 2.09. The molecule has 8 nitrogen and oxygen atoms in total. The number of amides is 1. The van der Waals surface area contributed by atoms with E-state index in [9.17, 15) is 14.9 Å². The number of non-ortho nitro benzene ring substituents is 1. The van der Waals surface area contributed by atoms with E-state index in [0.29, 0.717) is 17.9 Å². The number of carbonyl (C=O) groups is 1. The predicted octanol–water partition coefficient (Wildman–Crippen LogP) is 2.95. The van der Waals surface area contributed by atoms with Gasteiger partial charge in [-0.1, -0.05) is 0 Å². The summed E-state index contributed by atoms with van der Waals surface area (Å²) in [5.41, 5.74) is 4.48. The maximum Gasteiger partial charge on any atom is 0.269 e. The first-order valence-electron chi connectivity index (χ1n) is 8.04. The molecule has 8 heteroatoms. The van der Waals surface area contributed by atoms with Crippen molar-refractivity contribution in [2.24, 2.45) is 5.10 Å². The molecule has 0 saturated carbocycles. The standard InChI is InChI=1S/C18H20N4O4/c1-3-26-17-10-6-15(7-11-17)19-12-18(23)21-20-13(2)14-4-8-16(9-5-14)22(24)25/h4-11,19H,3,12H2,1-2H3,(H,21,23)/b20-13-. The number of hydrogen-bond donors (Lipinski definition) is 2. The van der Waals surface area contributed by atoms with Gasteiger partial charge in [0.15, 0.2) is 0 Å². The van der Waals surface area contributed by atoms with E-state index in [4.69, 9.17) is 4.74 Å². The number of nitro groups is 1. The first kappa shape index (κ1) is 18.9. The van der Waals surface area contributed by atoms with Crippen molar-refractivity contribution in [2.45, 2.75) is 13.8 Å². The maximum absolute atomic E-state index is 11.9. The number of nitrogens with zero attached hydrogens (tertiary/aromatic N) is 2. The Morgan fingerprint density at radius 3 is 2.38 bits per heavy atom. The summed E-state index contributed by atoms with van der Waals surface area (Å²) in [6.07, 6.45) is 0. The largest absolute Gasteiger partial charge is 0.494 e. The molecule has 0 fully saturated rings. The topological polar surface area (TPSA) is 106 Å². The normalized spacial score (nSPS) is 10.9. The summed E-state index contributed by atoms with van der Waals surface area (Å²) < 4.78 is 5.35. The molecule has 0 aliphatic heterocycles. The van der Waals surface area contributed by atoms with Crippen LogP contribution < -0.4 is 15.5 Å². The third-order valence-corrected chi connectivity index (χ3v) is 3.46. The van der Waals surface area contributed by atoms with Gasteiger partial charge in [-0.3, -0.25) is 14.9 Å². The van der Waals surface area contributed by atoms with Gasteiger partial charge in [0.1, 0.15) is 5.75 Å². The molecule has 2 aromatic rings. The van der Waals surface area contributed by atoms with Gasteiger partial charge in [0.2, 0.25) is 0 Å². The minimum absolute atomic E-state index is 0.00476. The fourth-order valence-corrected chi connectivity index (χ4v) is 2.09. The summed E-state index contributed by atoms with van der Waals surface area (Å²) in [4.78, 5) is 22.0. The van der Waals surface area contributed by atoms with E-state index in [2.05, 4.69) is 15.8 Å². The highest BCUT2D eigenvalue weighted by atomic mass is 16.6. The highest BCUT2D eigenvalue weighted by Crippen LogP contribution is 2.15. The number of hydrazone groups is 1. The van der Waals surface area contributed by atoms with E-state index in [1.165, 1.54) is 12.1 Å². The van der Waals surface area contributed by atoms with Gasteiger partial charge in [0.25, 0.3) is 11.6 Å². The lowest BCUT2D eigenvalue weighted by Crippen LogP contribution is -2.26. The predicted molar refractivity (Wildman–Crippen MR) is 99.6 cm³/mol. The van der Waals surface area contributed by atoms with Gasteiger partial charge in [0.05, 0.1) is 23.8 Å². The quantitative estimate of drug-likeness (QED) is 0.430. The van der Waals surface area contributed by atoms with Crippen LogP contribution in [0.1, 0.15) is 19.4 Å². The van der Waals surface area contributed by atoms with Gasteiger partial charge in [-0.2, -0.15) is 5.10 Å². The Balaban J connectivity index is 1.84. The fraction of sp³-hybridized carbons (Fsp3) is 0.222. The van der Waals surface area contributed by atoms with Crippen molar-refractivity contribution in [3.63, 3.8) is 0 Å². The Morgan fingerprint density at radius 2 is 1.81 bits per heavy atom. The van der Waals surface area contributed by atoms with Gasteiger partial charge in [-0.15, -0.1) is 0 Å². The van der Waals surface area contributed by atoms with Crippen molar-refractivity contribution in [2.75, 3.05) is 18.5 Å². The Hall–Kier alpha value is -3.42. The molecule has 0 heterocycles. The van der Waals surface area contributed by atoms with E-state index in [-0.39, 0.29) is 18.1 Å². The summed E-state index contributed by atoms with van der Waals surface area (Å²) in [7, 11) is 0. The first-order chi connectivity index (χ1) is 12.5. The average molecular weight is 356 g/mol. The highest BCUT2D eigenvalue weighted by Gasteiger charge is 2.06. The van der Waals surface area contributed by atoms with E-state index < -0.39 is 4.92 Å². The van der Waals surface area contributed by atoms with Crippen molar-refractivity contribution in [3.05, 3.63) is 64.2 Å². The van der Waals surface area contributed by atoms with E-state index in [1.54, 1.807) is 19.1 Å². The third kappa shape index (κ3) is 5.59. The Labute approximate surface area is 151 Å². The number of nitro benzene ring substituents is 1. The van der Waals surface area contributed by atoms with E-state index >= 15 is 0 Å². The summed E-state index contributed by atoms with van der Waals surface area (Å²) >= 11 is 0. The second-order valence-electron chi connectivity index (χ2n) is 5.35. The van der Waals surface area contributed by atoms with Crippen LogP contribution in [-0.4, -0.2) is 29.7 Å². The van der Waals surface area contributed by atoms with Crippen LogP contribution in [-0.2, 0) is 4.79 Å². The monoisotopic (exact) mass is 356 g/mol. The number of benzene rings is 2. The molecule has 0 atom stereocenters. The van der Waals surface area contributed by atoms with Crippen LogP contribution in [0.4, 0.5) is 11.4 Å². The summed E-state index contributed by atoms with van der Waals surface area (Å²) in [6.45, 7) is 4.28. The van der Waals surface area contributed by atoms with Gasteiger partial charge in [-0.05, 0) is 55.8 Å². The smallest absolute Gasteiger partial charge is 0.269 e. The average Bonchev–Trinajstić information content (AvgIpc) is 2.66. The number of carbonyl (C=O) groups excluding carboxylic acids is 1. The molecule has 0 unspecified atom stereocenters.